The molecular weight excluding hydrogens is 208 g/mol. The van der Waals surface area contributed by atoms with E-state index in [-0.39, 0.29) is 17.4 Å². The Morgan fingerprint density at radius 1 is 1.38 bits per heavy atom. The summed E-state index contributed by atoms with van der Waals surface area (Å²) < 4.78 is 0. The molecule has 0 aromatic carbocycles. The third-order valence-corrected chi connectivity index (χ3v) is 1.64. The van der Waals surface area contributed by atoms with Gasteiger partial charge in [-0.05, 0) is 26.0 Å². The van der Waals surface area contributed by atoms with Gasteiger partial charge in [0.25, 0.3) is 0 Å². The summed E-state index contributed by atoms with van der Waals surface area (Å²) in [5.41, 5.74) is 0.752. The highest BCUT2D eigenvalue weighted by Crippen LogP contribution is 2.05. The number of pyridine rings is 1. The highest BCUT2D eigenvalue weighted by molar-refractivity contribution is 5.99. The van der Waals surface area contributed by atoms with E-state index in [1.165, 1.54) is 24.3 Å². The average Bonchev–Trinajstić information content (AvgIpc) is 2.16. The minimum Gasteiger partial charge on any atom is -0.477 e. The summed E-state index contributed by atoms with van der Waals surface area (Å²) in [5, 5.41) is 11.2. The van der Waals surface area contributed by atoms with Crippen LogP contribution in [-0.2, 0) is 4.79 Å². The van der Waals surface area contributed by atoms with Crippen molar-refractivity contribution < 1.29 is 14.7 Å². The zero-order valence-electron chi connectivity index (χ0n) is 9.02. The molecule has 0 aliphatic carbocycles. The number of amides is 1. The van der Waals surface area contributed by atoms with E-state index in [4.69, 9.17) is 5.11 Å². The van der Waals surface area contributed by atoms with E-state index in [0.29, 0.717) is 0 Å². The molecule has 0 bridgehead atoms. The lowest BCUT2D eigenvalue weighted by Gasteiger charge is -2.02. The van der Waals surface area contributed by atoms with Crippen LogP contribution < -0.4 is 5.32 Å². The number of aromatic carboxylic acids is 1. The molecule has 2 N–H and O–H groups in total. The number of anilines is 1. The van der Waals surface area contributed by atoms with Crippen LogP contribution >= 0.6 is 0 Å². The number of rotatable bonds is 3. The first kappa shape index (κ1) is 11.9. The smallest absolute Gasteiger partial charge is 0.354 e. The minimum atomic E-state index is -1.13. The monoisotopic (exact) mass is 220 g/mol. The standard InChI is InChI=1S/C11H12N2O3/c1-7(2)6-10(14)13-9-5-3-4-8(12-9)11(15)16/h3-6H,1-2H3,(H,15,16)(H,12,13,14). The van der Waals surface area contributed by atoms with Crippen molar-refractivity contribution in [3.63, 3.8) is 0 Å². The Balaban J connectivity index is 2.82. The number of allylic oxidation sites excluding steroid dienone is 1. The third kappa shape index (κ3) is 3.53. The van der Waals surface area contributed by atoms with Crippen LogP contribution in [0.4, 0.5) is 5.82 Å². The van der Waals surface area contributed by atoms with Crippen LogP contribution in [-0.4, -0.2) is 22.0 Å². The Hall–Kier alpha value is -2.17. The number of carbonyl (C=O) groups is 2. The molecule has 5 nitrogen and oxygen atoms in total. The first-order valence-corrected chi connectivity index (χ1v) is 4.65. The van der Waals surface area contributed by atoms with Gasteiger partial charge in [-0.15, -0.1) is 0 Å². The van der Waals surface area contributed by atoms with E-state index >= 15 is 0 Å². The highest BCUT2D eigenvalue weighted by Gasteiger charge is 2.06. The molecule has 0 saturated heterocycles. The molecule has 0 aliphatic rings. The first-order valence-electron chi connectivity index (χ1n) is 4.65. The van der Waals surface area contributed by atoms with E-state index in [0.717, 1.165) is 5.57 Å². The number of hydrogen-bond acceptors (Lipinski definition) is 3. The molecule has 0 saturated carbocycles. The van der Waals surface area contributed by atoms with Crippen molar-refractivity contribution >= 4 is 17.7 Å². The number of aromatic nitrogens is 1. The van der Waals surface area contributed by atoms with Crippen molar-refractivity contribution in [1.82, 2.24) is 4.98 Å². The van der Waals surface area contributed by atoms with E-state index in [2.05, 4.69) is 10.3 Å². The summed E-state index contributed by atoms with van der Waals surface area (Å²) in [7, 11) is 0. The van der Waals surface area contributed by atoms with Gasteiger partial charge in [0.1, 0.15) is 5.82 Å². The van der Waals surface area contributed by atoms with E-state index in [1.807, 2.05) is 0 Å². The maximum absolute atomic E-state index is 11.3. The summed E-state index contributed by atoms with van der Waals surface area (Å²) in [4.78, 5) is 25.7. The molecule has 16 heavy (non-hydrogen) atoms. The van der Waals surface area contributed by atoms with Gasteiger partial charge in [-0.1, -0.05) is 11.6 Å². The second kappa shape index (κ2) is 5.06. The second-order valence-corrected chi connectivity index (χ2v) is 3.42. The van der Waals surface area contributed by atoms with Crippen molar-refractivity contribution in [2.75, 3.05) is 5.32 Å². The van der Waals surface area contributed by atoms with Crippen LogP contribution in [0.15, 0.2) is 29.8 Å². The molecule has 1 heterocycles. The maximum atomic E-state index is 11.3. The Bertz CT molecular complexity index is 448. The van der Waals surface area contributed by atoms with Crippen molar-refractivity contribution in [2.45, 2.75) is 13.8 Å². The van der Waals surface area contributed by atoms with Gasteiger partial charge >= 0.3 is 5.97 Å². The quantitative estimate of drug-likeness (QED) is 0.759. The lowest BCUT2D eigenvalue weighted by molar-refractivity contribution is -0.112. The van der Waals surface area contributed by atoms with Gasteiger partial charge in [0.2, 0.25) is 5.91 Å². The van der Waals surface area contributed by atoms with Crippen LogP contribution in [0, 0.1) is 0 Å². The molecule has 1 rings (SSSR count). The zero-order chi connectivity index (χ0) is 12.1. The lowest BCUT2D eigenvalue weighted by Crippen LogP contribution is -2.11. The lowest BCUT2D eigenvalue weighted by atomic mass is 10.3. The average molecular weight is 220 g/mol. The fourth-order valence-electron chi connectivity index (χ4n) is 1.05. The third-order valence-electron chi connectivity index (χ3n) is 1.64. The molecule has 0 aliphatic heterocycles. The van der Waals surface area contributed by atoms with E-state index in [1.54, 1.807) is 13.8 Å². The summed E-state index contributed by atoms with van der Waals surface area (Å²) in [6.07, 6.45) is 1.41. The van der Waals surface area contributed by atoms with Gasteiger partial charge in [0.05, 0.1) is 0 Å². The Kier molecular flexibility index (Phi) is 3.77. The van der Waals surface area contributed by atoms with Crippen LogP contribution in [0.3, 0.4) is 0 Å². The van der Waals surface area contributed by atoms with Gasteiger partial charge < -0.3 is 10.4 Å². The summed E-state index contributed by atoms with van der Waals surface area (Å²) in [6.45, 7) is 3.58. The van der Waals surface area contributed by atoms with Gasteiger partial charge in [-0.2, -0.15) is 0 Å². The van der Waals surface area contributed by atoms with Crippen LogP contribution in [0.2, 0.25) is 0 Å². The molecule has 0 spiro atoms. The second-order valence-electron chi connectivity index (χ2n) is 3.42. The number of carboxylic acids is 1. The van der Waals surface area contributed by atoms with Gasteiger partial charge in [-0.3, -0.25) is 4.79 Å². The van der Waals surface area contributed by atoms with Crippen molar-refractivity contribution in [3.05, 3.63) is 35.5 Å². The zero-order valence-corrected chi connectivity index (χ0v) is 9.02. The Morgan fingerprint density at radius 2 is 2.06 bits per heavy atom. The van der Waals surface area contributed by atoms with Gasteiger partial charge in [0.15, 0.2) is 5.69 Å². The molecule has 0 fully saturated rings. The molecular formula is C11H12N2O3. The van der Waals surface area contributed by atoms with Crippen molar-refractivity contribution in [1.29, 1.82) is 0 Å². The Morgan fingerprint density at radius 3 is 2.62 bits per heavy atom. The van der Waals surface area contributed by atoms with Gasteiger partial charge in [-0.25, -0.2) is 9.78 Å². The molecule has 5 heteroatoms. The number of carboxylic acid groups (broad SMARTS) is 1. The molecule has 1 aromatic heterocycles. The van der Waals surface area contributed by atoms with E-state index in [9.17, 15) is 9.59 Å². The summed E-state index contributed by atoms with van der Waals surface area (Å²) in [6, 6.07) is 4.41. The van der Waals surface area contributed by atoms with Crippen LogP contribution in [0.25, 0.3) is 0 Å². The van der Waals surface area contributed by atoms with Crippen LogP contribution in [0.1, 0.15) is 24.3 Å². The Labute approximate surface area is 92.8 Å². The maximum Gasteiger partial charge on any atom is 0.354 e. The molecule has 0 unspecified atom stereocenters. The SMILES string of the molecule is CC(C)=CC(=O)Nc1cccc(C(=O)O)n1. The topological polar surface area (TPSA) is 79.3 Å². The number of carbonyl (C=O) groups excluding carboxylic acids is 1. The number of hydrogen-bond donors (Lipinski definition) is 2. The predicted molar refractivity (Wildman–Crippen MR) is 59.3 cm³/mol. The molecule has 0 atom stereocenters. The molecule has 84 valence electrons. The molecule has 1 amide bonds. The first-order chi connectivity index (χ1) is 7.49. The largest absolute Gasteiger partial charge is 0.477 e. The van der Waals surface area contributed by atoms with E-state index < -0.39 is 5.97 Å². The fourth-order valence-corrected chi connectivity index (χ4v) is 1.05. The molecule has 1 aromatic rings. The summed E-state index contributed by atoms with van der Waals surface area (Å²) >= 11 is 0. The van der Waals surface area contributed by atoms with Crippen LogP contribution in [0.5, 0.6) is 0 Å². The van der Waals surface area contributed by atoms with Gasteiger partial charge in [0, 0.05) is 6.08 Å². The number of nitrogens with one attached hydrogen (secondary N) is 1. The number of nitrogens with zero attached hydrogens (tertiary/aromatic N) is 1. The fraction of sp³-hybridized carbons (Fsp3) is 0.182. The normalized spacial score (nSPS) is 9.38. The molecule has 0 radical (unpaired) electrons. The summed E-state index contributed by atoms with van der Waals surface area (Å²) in [5.74, 6) is -1.23. The van der Waals surface area contributed by atoms with Crippen molar-refractivity contribution in [2.24, 2.45) is 0 Å². The minimum absolute atomic E-state index is 0.102. The van der Waals surface area contributed by atoms with Crippen molar-refractivity contribution in [3.8, 4) is 0 Å². The predicted octanol–water partition coefficient (Wildman–Crippen LogP) is 1.68. The highest BCUT2D eigenvalue weighted by atomic mass is 16.4.